The lowest BCUT2D eigenvalue weighted by molar-refractivity contribution is 0.415. The lowest BCUT2D eigenvalue weighted by Crippen LogP contribution is -1.88. The Bertz CT molecular complexity index is 481. The topological polar surface area (TPSA) is 63.9 Å². The van der Waals surface area contributed by atoms with Crippen LogP contribution in [0.25, 0.3) is 11.3 Å². The standard InChI is InChI=1S/C10H10ClN3O/c1-15-7-4-2-3-6(5-7)9-8(12)10(11)14-13-9/h2-5H,12H2,1H3,(H,13,14). The van der Waals surface area contributed by atoms with Crippen molar-refractivity contribution in [3.8, 4) is 17.0 Å². The molecule has 3 N–H and O–H groups in total. The van der Waals surface area contributed by atoms with Gasteiger partial charge in [0.2, 0.25) is 0 Å². The van der Waals surface area contributed by atoms with Gasteiger partial charge in [0.15, 0.2) is 0 Å². The monoisotopic (exact) mass is 223 g/mol. The highest BCUT2D eigenvalue weighted by atomic mass is 35.5. The van der Waals surface area contributed by atoms with E-state index in [1.807, 2.05) is 24.3 Å². The summed E-state index contributed by atoms with van der Waals surface area (Å²) >= 11 is 5.78. The summed E-state index contributed by atoms with van der Waals surface area (Å²) in [5.74, 6) is 0.756. The molecule has 0 aliphatic rings. The first-order valence-corrected chi connectivity index (χ1v) is 4.74. The van der Waals surface area contributed by atoms with E-state index in [0.29, 0.717) is 16.5 Å². The number of aromatic amines is 1. The van der Waals surface area contributed by atoms with Gasteiger partial charge in [-0.25, -0.2) is 0 Å². The number of hydrogen-bond acceptors (Lipinski definition) is 3. The average molecular weight is 224 g/mol. The second-order valence-electron chi connectivity index (χ2n) is 3.03. The molecular weight excluding hydrogens is 214 g/mol. The fourth-order valence-electron chi connectivity index (χ4n) is 1.32. The van der Waals surface area contributed by atoms with Crippen LogP contribution in [-0.4, -0.2) is 17.3 Å². The van der Waals surface area contributed by atoms with Gasteiger partial charge in [0, 0.05) is 5.56 Å². The number of methoxy groups -OCH3 is 1. The Morgan fingerprint density at radius 2 is 2.27 bits per heavy atom. The van der Waals surface area contributed by atoms with Crippen molar-refractivity contribution < 1.29 is 4.74 Å². The zero-order valence-corrected chi connectivity index (χ0v) is 8.88. The van der Waals surface area contributed by atoms with E-state index in [9.17, 15) is 0 Å². The van der Waals surface area contributed by atoms with Crippen LogP contribution in [0, 0.1) is 0 Å². The lowest BCUT2D eigenvalue weighted by atomic mass is 10.1. The Hall–Kier alpha value is -1.68. The minimum absolute atomic E-state index is 0.354. The molecule has 0 aliphatic carbocycles. The zero-order chi connectivity index (χ0) is 10.8. The maximum Gasteiger partial charge on any atom is 0.148 e. The Morgan fingerprint density at radius 3 is 2.87 bits per heavy atom. The predicted molar refractivity (Wildman–Crippen MR) is 60.0 cm³/mol. The third-order valence-electron chi connectivity index (χ3n) is 2.10. The molecule has 2 aromatic rings. The summed E-state index contributed by atoms with van der Waals surface area (Å²) in [5, 5.41) is 7.00. The molecule has 0 spiro atoms. The Labute approximate surface area is 92.0 Å². The molecule has 1 aromatic carbocycles. The van der Waals surface area contributed by atoms with Crippen molar-refractivity contribution in [1.82, 2.24) is 10.2 Å². The van der Waals surface area contributed by atoms with Crippen molar-refractivity contribution in [3.05, 3.63) is 29.4 Å². The number of nitrogens with two attached hydrogens (primary N) is 1. The molecule has 1 aromatic heterocycles. The van der Waals surface area contributed by atoms with Gasteiger partial charge < -0.3 is 10.5 Å². The van der Waals surface area contributed by atoms with Crippen LogP contribution in [0.3, 0.4) is 0 Å². The quantitative estimate of drug-likeness (QED) is 0.821. The number of nitrogens with one attached hydrogen (secondary N) is 1. The summed E-state index contributed by atoms with van der Waals surface area (Å²) in [7, 11) is 1.61. The van der Waals surface area contributed by atoms with E-state index in [4.69, 9.17) is 22.1 Å². The summed E-state index contributed by atoms with van der Waals surface area (Å²) in [4.78, 5) is 0. The van der Waals surface area contributed by atoms with E-state index in [2.05, 4.69) is 10.2 Å². The number of nitrogen functional groups attached to an aromatic ring is 1. The van der Waals surface area contributed by atoms with Crippen LogP contribution in [0.4, 0.5) is 5.69 Å². The van der Waals surface area contributed by atoms with Crippen LogP contribution in [0.5, 0.6) is 5.75 Å². The lowest BCUT2D eigenvalue weighted by Gasteiger charge is -2.02. The van der Waals surface area contributed by atoms with Crippen LogP contribution in [0.15, 0.2) is 24.3 Å². The van der Waals surface area contributed by atoms with Crippen molar-refractivity contribution in [2.24, 2.45) is 0 Å². The summed E-state index contributed by atoms with van der Waals surface area (Å²) in [6, 6.07) is 7.47. The number of aromatic nitrogens is 2. The van der Waals surface area contributed by atoms with Gasteiger partial charge in [0.25, 0.3) is 0 Å². The average Bonchev–Trinajstić information content (AvgIpc) is 2.60. The van der Waals surface area contributed by atoms with Crippen LogP contribution in [-0.2, 0) is 0 Å². The number of ether oxygens (including phenoxy) is 1. The van der Waals surface area contributed by atoms with Gasteiger partial charge in [-0.05, 0) is 12.1 Å². The fraction of sp³-hybridized carbons (Fsp3) is 0.100. The van der Waals surface area contributed by atoms with Crippen LogP contribution >= 0.6 is 11.6 Å². The van der Waals surface area contributed by atoms with Gasteiger partial charge >= 0.3 is 0 Å². The molecule has 0 saturated carbocycles. The third-order valence-corrected chi connectivity index (χ3v) is 2.39. The predicted octanol–water partition coefficient (Wildman–Crippen LogP) is 2.32. The SMILES string of the molecule is COc1cccc(-c2n[nH]c(Cl)c2N)c1. The third kappa shape index (κ3) is 1.76. The van der Waals surface area contributed by atoms with Crippen molar-refractivity contribution in [1.29, 1.82) is 0 Å². The Balaban J connectivity index is 2.49. The molecule has 15 heavy (non-hydrogen) atoms. The first kappa shape index (κ1) is 9.86. The zero-order valence-electron chi connectivity index (χ0n) is 8.12. The van der Waals surface area contributed by atoms with Crippen molar-refractivity contribution in [3.63, 3.8) is 0 Å². The van der Waals surface area contributed by atoms with Gasteiger partial charge in [0.1, 0.15) is 16.6 Å². The minimum Gasteiger partial charge on any atom is -0.497 e. The molecule has 0 saturated heterocycles. The molecule has 78 valence electrons. The maximum atomic E-state index is 5.78. The van der Waals surface area contributed by atoms with E-state index in [-0.39, 0.29) is 0 Å². The number of benzene rings is 1. The molecule has 0 bridgehead atoms. The number of H-pyrrole nitrogens is 1. The number of rotatable bonds is 2. The van der Waals surface area contributed by atoms with Crippen molar-refractivity contribution >= 4 is 17.3 Å². The Morgan fingerprint density at radius 1 is 1.47 bits per heavy atom. The van der Waals surface area contributed by atoms with Crippen LogP contribution < -0.4 is 10.5 Å². The molecule has 0 radical (unpaired) electrons. The van der Waals surface area contributed by atoms with Gasteiger partial charge in [-0.3, -0.25) is 5.10 Å². The first-order valence-electron chi connectivity index (χ1n) is 4.36. The number of hydrogen-bond donors (Lipinski definition) is 2. The fourth-order valence-corrected chi connectivity index (χ4v) is 1.45. The number of halogens is 1. The van der Waals surface area contributed by atoms with Gasteiger partial charge in [0.05, 0.1) is 12.8 Å². The van der Waals surface area contributed by atoms with E-state index in [1.165, 1.54) is 0 Å². The van der Waals surface area contributed by atoms with Crippen LogP contribution in [0.1, 0.15) is 0 Å². The molecule has 0 unspecified atom stereocenters. The second kappa shape index (κ2) is 3.82. The van der Waals surface area contributed by atoms with E-state index < -0.39 is 0 Å². The molecule has 0 amide bonds. The van der Waals surface area contributed by atoms with E-state index in [1.54, 1.807) is 7.11 Å². The maximum absolute atomic E-state index is 5.78. The first-order chi connectivity index (χ1) is 7.22. The van der Waals surface area contributed by atoms with E-state index >= 15 is 0 Å². The summed E-state index contributed by atoms with van der Waals surface area (Å²) in [6.45, 7) is 0. The van der Waals surface area contributed by atoms with Crippen LogP contribution in [0.2, 0.25) is 5.15 Å². The smallest absolute Gasteiger partial charge is 0.148 e. The molecule has 5 heteroatoms. The molecular formula is C10H10ClN3O. The highest BCUT2D eigenvalue weighted by Gasteiger charge is 2.10. The molecule has 1 heterocycles. The molecule has 0 fully saturated rings. The summed E-state index contributed by atoms with van der Waals surface area (Å²) in [5.41, 5.74) is 7.72. The highest BCUT2D eigenvalue weighted by Crippen LogP contribution is 2.30. The second-order valence-corrected chi connectivity index (χ2v) is 3.41. The van der Waals surface area contributed by atoms with Gasteiger partial charge in [-0.2, -0.15) is 5.10 Å². The minimum atomic E-state index is 0.354. The van der Waals surface area contributed by atoms with Gasteiger partial charge in [-0.15, -0.1) is 0 Å². The number of anilines is 1. The highest BCUT2D eigenvalue weighted by molar-refractivity contribution is 6.32. The molecule has 0 aliphatic heterocycles. The molecule has 2 rings (SSSR count). The van der Waals surface area contributed by atoms with Crippen molar-refractivity contribution in [2.75, 3.05) is 12.8 Å². The molecule has 0 atom stereocenters. The Kier molecular flexibility index (Phi) is 2.51. The number of nitrogens with zero attached hydrogens (tertiary/aromatic N) is 1. The van der Waals surface area contributed by atoms with Gasteiger partial charge in [-0.1, -0.05) is 23.7 Å². The normalized spacial score (nSPS) is 10.3. The molecule has 4 nitrogen and oxygen atoms in total. The summed E-state index contributed by atoms with van der Waals surface area (Å²) in [6.07, 6.45) is 0. The van der Waals surface area contributed by atoms with E-state index in [0.717, 1.165) is 11.3 Å². The summed E-state index contributed by atoms with van der Waals surface area (Å²) < 4.78 is 5.11. The largest absolute Gasteiger partial charge is 0.497 e. The van der Waals surface area contributed by atoms with Crippen molar-refractivity contribution in [2.45, 2.75) is 0 Å².